The summed E-state index contributed by atoms with van der Waals surface area (Å²) in [6.07, 6.45) is -0.662. The second-order valence-electron chi connectivity index (χ2n) is 5.41. The molecule has 0 saturated heterocycles. The van der Waals surface area contributed by atoms with E-state index >= 15 is 0 Å². The van der Waals surface area contributed by atoms with Gasteiger partial charge in [0.25, 0.3) is 5.91 Å². The highest BCUT2D eigenvalue weighted by molar-refractivity contribution is 5.81. The lowest BCUT2D eigenvalue weighted by Crippen LogP contribution is -2.46. The maximum absolute atomic E-state index is 13.1. The van der Waals surface area contributed by atoms with Gasteiger partial charge < -0.3 is 10.1 Å². The van der Waals surface area contributed by atoms with Crippen LogP contribution in [-0.2, 0) is 4.79 Å². The van der Waals surface area contributed by atoms with E-state index in [1.165, 1.54) is 12.1 Å². The maximum Gasteiger partial charge on any atom is 0.261 e. The van der Waals surface area contributed by atoms with E-state index < -0.39 is 6.10 Å². The van der Waals surface area contributed by atoms with Crippen molar-refractivity contribution in [1.29, 1.82) is 0 Å². The number of carbonyl (C=O) groups excluding carboxylic acids is 1. The van der Waals surface area contributed by atoms with Crippen molar-refractivity contribution in [1.82, 2.24) is 5.32 Å². The normalized spacial score (nSPS) is 13.0. The average molecular weight is 253 g/mol. The fourth-order valence-corrected chi connectivity index (χ4v) is 1.42. The summed E-state index contributed by atoms with van der Waals surface area (Å²) in [6, 6.07) is 4.28. The van der Waals surface area contributed by atoms with Crippen molar-refractivity contribution in [3.63, 3.8) is 0 Å². The fraction of sp³-hybridized carbons (Fsp3) is 0.500. The molecule has 18 heavy (non-hydrogen) atoms. The lowest BCUT2D eigenvalue weighted by Gasteiger charge is -2.24. The molecule has 0 aromatic heterocycles. The average Bonchev–Trinajstić information content (AvgIpc) is 2.21. The van der Waals surface area contributed by atoms with Crippen LogP contribution < -0.4 is 10.1 Å². The van der Waals surface area contributed by atoms with Crippen LogP contribution in [0.4, 0.5) is 4.39 Å². The van der Waals surface area contributed by atoms with Crippen molar-refractivity contribution in [2.75, 3.05) is 0 Å². The third-order valence-electron chi connectivity index (χ3n) is 2.32. The molecule has 0 fully saturated rings. The van der Waals surface area contributed by atoms with Gasteiger partial charge in [0.1, 0.15) is 11.6 Å². The van der Waals surface area contributed by atoms with Crippen LogP contribution in [0.5, 0.6) is 5.75 Å². The molecule has 1 amide bonds. The Bertz CT molecular complexity index is 438. The summed E-state index contributed by atoms with van der Waals surface area (Å²) in [5.41, 5.74) is 0.484. The van der Waals surface area contributed by atoms with E-state index in [2.05, 4.69) is 5.32 Å². The maximum atomic E-state index is 13.1. The third-order valence-corrected chi connectivity index (χ3v) is 2.32. The molecule has 0 bridgehead atoms. The van der Waals surface area contributed by atoms with E-state index in [9.17, 15) is 9.18 Å². The molecule has 0 saturated carbocycles. The minimum Gasteiger partial charge on any atom is -0.481 e. The standard InChI is InChI=1S/C14H20FNO2/c1-9-6-7-11(15)8-12(9)18-10(2)13(17)16-14(3,4)5/h6-8,10H,1-5H3,(H,16,17). The minimum absolute atomic E-state index is 0.217. The molecule has 0 aliphatic carbocycles. The minimum atomic E-state index is -0.662. The molecule has 1 rings (SSSR count). The first-order valence-electron chi connectivity index (χ1n) is 5.94. The Hall–Kier alpha value is -1.58. The molecule has 0 spiro atoms. The number of aryl methyl sites for hydroxylation is 1. The zero-order valence-corrected chi connectivity index (χ0v) is 11.5. The lowest BCUT2D eigenvalue weighted by atomic mass is 10.1. The molecule has 100 valence electrons. The highest BCUT2D eigenvalue weighted by Crippen LogP contribution is 2.20. The largest absolute Gasteiger partial charge is 0.481 e. The molecule has 1 unspecified atom stereocenters. The van der Waals surface area contributed by atoms with Gasteiger partial charge in [-0.1, -0.05) is 6.07 Å². The lowest BCUT2D eigenvalue weighted by molar-refractivity contribution is -0.128. The van der Waals surface area contributed by atoms with Crippen LogP contribution in [0.15, 0.2) is 18.2 Å². The van der Waals surface area contributed by atoms with Crippen molar-refractivity contribution >= 4 is 5.91 Å². The summed E-state index contributed by atoms with van der Waals surface area (Å²) in [6.45, 7) is 9.13. The fourth-order valence-electron chi connectivity index (χ4n) is 1.42. The first-order valence-corrected chi connectivity index (χ1v) is 5.94. The van der Waals surface area contributed by atoms with Crippen molar-refractivity contribution in [3.8, 4) is 5.75 Å². The Labute approximate surface area is 107 Å². The molecule has 0 aliphatic rings. The van der Waals surface area contributed by atoms with Crippen LogP contribution >= 0.6 is 0 Å². The predicted molar refractivity (Wildman–Crippen MR) is 69.1 cm³/mol. The van der Waals surface area contributed by atoms with Crippen LogP contribution in [-0.4, -0.2) is 17.6 Å². The van der Waals surface area contributed by atoms with Gasteiger partial charge in [0, 0.05) is 11.6 Å². The number of benzene rings is 1. The number of amides is 1. The Morgan fingerprint density at radius 1 is 1.39 bits per heavy atom. The van der Waals surface area contributed by atoms with E-state index in [1.807, 2.05) is 27.7 Å². The molecular weight excluding hydrogens is 233 g/mol. The van der Waals surface area contributed by atoms with Gasteiger partial charge in [-0.25, -0.2) is 4.39 Å². The van der Waals surface area contributed by atoms with Gasteiger partial charge in [-0.2, -0.15) is 0 Å². The van der Waals surface area contributed by atoms with Gasteiger partial charge >= 0.3 is 0 Å². The second kappa shape index (κ2) is 5.38. The Morgan fingerprint density at radius 3 is 2.56 bits per heavy atom. The van der Waals surface area contributed by atoms with Gasteiger partial charge in [0.2, 0.25) is 0 Å². The summed E-state index contributed by atoms with van der Waals surface area (Å²) in [5.74, 6) is -0.197. The molecule has 1 aromatic rings. The van der Waals surface area contributed by atoms with Gasteiger partial charge in [0.15, 0.2) is 6.10 Å². The summed E-state index contributed by atoms with van der Waals surface area (Å²) in [7, 11) is 0. The van der Waals surface area contributed by atoms with Crippen molar-refractivity contribution < 1.29 is 13.9 Å². The smallest absolute Gasteiger partial charge is 0.261 e. The van der Waals surface area contributed by atoms with E-state index in [-0.39, 0.29) is 17.3 Å². The van der Waals surface area contributed by atoms with Crippen LogP contribution in [0.3, 0.4) is 0 Å². The summed E-state index contributed by atoms with van der Waals surface area (Å²) >= 11 is 0. The van der Waals surface area contributed by atoms with Gasteiger partial charge in [-0.05, 0) is 46.2 Å². The highest BCUT2D eigenvalue weighted by atomic mass is 19.1. The molecule has 0 heterocycles. The molecule has 4 heteroatoms. The second-order valence-corrected chi connectivity index (χ2v) is 5.41. The van der Waals surface area contributed by atoms with Crippen molar-refractivity contribution in [2.45, 2.75) is 46.3 Å². The number of hydrogen-bond acceptors (Lipinski definition) is 2. The van der Waals surface area contributed by atoms with Gasteiger partial charge in [0.05, 0.1) is 0 Å². The highest BCUT2D eigenvalue weighted by Gasteiger charge is 2.21. The van der Waals surface area contributed by atoms with Gasteiger partial charge in [-0.15, -0.1) is 0 Å². The van der Waals surface area contributed by atoms with E-state index in [4.69, 9.17) is 4.74 Å². The molecule has 0 aliphatic heterocycles. The monoisotopic (exact) mass is 253 g/mol. The summed E-state index contributed by atoms with van der Waals surface area (Å²) in [5, 5.41) is 2.82. The Morgan fingerprint density at radius 2 is 2.00 bits per heavy atom. The summed E-state index contributed by atoms with van der Waals surface area (Å²) < 4.78 is 18.6. The molecule has 1 N–H and O–H groups in total. The first-order chi connectivity index (χ1) is 8.19. The molecule has 0 radical (unpaired) electrons. The van der Waals surface area contributed by atoms with E-state index in [1.54, 1.807) is 13.0 Å². The van der Waals surface area contributed by atoms with Crippen LogP contribution in [0.1, 0.15) is 33.3 Å². The topological polar surface area (TPSA) is 38.3 Å². The predicted octanol–water partition coefficient (Wildman–Crippen LogP) is 2.82. The number of rotatable bonds is 3. The number of halogens is 1. The molecular formula is C14H20FNO2. The van der Waals surface area contributed by atoms with Crippen LogP contribution in [0.25, 0.3) is 0 Å². The zero-order valence-electron chi connectivity index (χ0n) is 11.5. The Kier molecular flexibility index (Phi) is 4.33. The summed E-state index contributed by atoms with van der Waals surface area (Å²) in [4.78, 5) is 11.8. The van der Waals surface area contributed by atoms with Gasteiger partial charge in [-0.3, -0.25) is 4.79 Å². The number of nitrogens with one attached hydrogen (secondary N) is 1. The van der Waals surface area contributed by atoms with Crippen molar-refractivity contribution in [2.24, 2.45) is 0 Å². The van der Waals surface area contributed by atoms with Crippen LogP contribution in [0.2, 0.25) is 0 Å². The molecule has 3 nitrogen and oxygen atoms in total. The zero-order chi connectivity index (χ0) is 13.9. The molecule has 1 aromatic carbocycles. The Balaban J connectivity index is 2.72. The number of hydrogen-bond donors (Lipinski definition) is 1. The molecule has 1 atom stereocenters. The number of ether oxygens (including phenoxy) is 1. The SMILES string of the molecule is Cc1ccc(F)cc1OC(C)C(=O)NC(C)(C)C. The number of carbonyl (C=O) groups is 1. The van der Waals surface area contributed by atoms with E-state index in [0.29, 0.717) is 5.75 Å². The van der Waals surface area contributed by atoms with Crippen LogP contribution in [0, 0.1) is 12.7 Å². The van der Waals surface area contributed by atoms with Crippen molar-refractivity contribution in [3.05, 3.63) is 29.6 Å². The first kappa shape index (κ1) is 14.5. The third kappa shape index (κ3) is 4.35. The van der Waals surface area contributed by atoms with E-state index in [0.717, 1.165) is 5.56 Å². The quantitative estimate of drug-likeness (QED) is 0.899.